The topological polar surface area (TPSA) is 46.2 Å². The third kappa shape index (κ3) is 2.44. The van der Waals surface area contributed by atoms with Crippen molar-refractivity contribution in [2.24, 2.45) is 0 Å². The molecule has 1 atom stereocenters. The first-order valence-electron chi connectivity index (χ1n) is 5.13. The Bertz CT molecular complexity index is 263. The predicted molar refractivity (Wildman–Crippen MR) is 52.5 cm³/mol. The van der Waals surface area contributed by atoms with Gasteiger partial charge in [-0.15, -0.1) is 0 Å². The van der Waals surface area contributed by atoms with E-state index in [2.05, 4.69) is 5.32 Å². The highest BCUT2D eigenvalue weighted by Crippen LogP contribution is 2.29. The third-order valence-corrected chi connectivity index (χ3v) is 5.23. The molecule has 0 radical (unpaired) electrons. The van der Waals surface area contributed by atoms with Crippen LogP contribution in [0.15, 0.2) is 0 Å². The van der Waals surface area contributed by atoms with E-state index in [0.717, 1.165) is 25.8 Å². The molecule has 2 fully saturated rings. The van der Waals surface area contributed by atoms with Crippen LogP contribution in [0.2, 0.25) is 0 Å². The molecule has 0 aromatic rings. The van der Waals surface area contributed by atoms with Crippen LogP contribution >= 0.6 is 0 Å². The van der Waals surface area contributed by atoms with Crippen molar-refractivity contribution >= 4 is 9.84 Å². The van der Waals surface area contributed by atoms with Gasteiger partial charge in [0.1, 0.15) is 0 Å². The smallest absolute Gasteiger partial charge is 0.154 e. The molecule has 76 valence electrons. The average Bonchev–Trinajstić information content (AvgIpc) is 2.87. The van der Waals surface area contributed by atoms with E-state index in [9.17, 15) is 8.42 Å². The maximum atomic E-state index is 11.6. The van der Waals surface area contributed by atoms with Crippen molar-refractivity contribution in [1.82, 2.24) is 5.32 Å². The Morgan fingerprint density at radius 3 is 2.46 bits per heavy atom. The highest BCUT2D eigenvalue weighted by Gasteiger charge is 2.37. The fraction of sp³-hybridized carbons (Fsp3) is 1.00. The summed E-state index contributed by atoms with van der Waals surface area (Å²) >= 11 is 0. The molecule has 2 aliphatic rings. The van der Waals surface area contributed by atoms with Gasteiger partial charge in [-0.25, -0.2) is 8.42 Å². The summed E-state index contributed by atoms with van der Waals surface area (Å²) < 4.78 is 23.2. The van der Waals surface area contributed by atoms with Gasteiger partial charge in [-0.2, -0.15) is 0 Å². The molecule has 1 N–H and O–H groups in total. The van der Waals surface area contributed by atoms with Crippen molar-refractivity contribution in [2.75, 3.05) is 12.3 Å². The lowest BCUT2D eigenvalue weighted by molar-refractivity contribution is 0.423. The fourth-order valence-corrected chi connectivity index (χ4v) is 3.88. The predicted octanol–water partition coefficient (Wildman–Crippen LogP) is 0.706. The summed E-state index contributed by atoms with van der Waals surface area (Å²) in [5.74, 6) is 0.373. The minimum absolute atomic E-state index is 0.0104. The van der Waals surface area contributed by atoms with Crippen molar-refractivity contribution in [2.45, 2.75) is 43.4 Å². The van der Waals surface area contributed by atoms with Gasteiger partial charge < -0.3 is 5.32 Å². The van der Waals surface area contributed by atoms with Crippen LogP contribution in [0.3, 0.4) is 0 Å². The Hall–Kier alpha value is -0.0900. The largest absolute Gasteiger partial charge is 0.313 e. The number of nitrogens with one attached hydrogen (secondary N) is 1. The monoisotopic (exact) mass is 203 g/mol. The lowest BCUT2D eigenvalue weighted by Gasteiger charge is -2.23. The summed E-state index contributed by atoms with van der Waals surface area (Å²) in [7, 11) is -2.75. The Labute approximate surface area is 79.8 Å². The van der Waals surface area contributed by atoms with Gasteiger partial charge in [0.2, 0.25) is 0 Å². The molecule has 1 aliphatic heterocycles. The van der Waals surface area contributed by atoms with Crippen molar-refractivity contribution in [3.63, 3.8) is 0 Å². The lowest BCUT2D eigenvalue weighted by atomic mass is 10.1. The first kappa shape index (κ1) is 9.46. The Morgan fingerprint density at radius 1 is 1.15 bits per heavy atom. The molecule has 1 saturated heterocycles. The maximum Gasteiger partial charge on any atom is 0.154 e. The SMILES string of the molecule is O=S(=O)(CC1CCCCN1)C1CC1. The van der Waals surface area contributed by atoms with E-state index in [1.165, 1.54) is 12.8 Å². The molecule has 0 aromatic carbocycles. The molecule has 13 heavy (non-hydrogen) atoms. The molecule has 1 heterocycles. The first-order valence-corrected chi connectivity index (χ1v) is 6.85. The summed E-state index contributed by atoms with van der Waals surface area (Å²) in [6.07, 6.45) is 5.20. The van der Waals surface area contributed by atoms with Crippen LogP contribution in [0.25, 0.3) is 0 Å². The molecule has 0 aromatic heterocycles. The second-order valence-electron chi connectivity index (χ2n) is 4.18. The van der Waals surface area contributed by atoms with Crippen LogP contribution in [0, 0.1) is 0 Å². The molecule has 0 amide bonds. The number of hydrogen-bond acceptors (Lipinski definition) is 3. The summed E-state index contributed by atoms with van der Waals surface area (Å²) in [4.78, 5) is 0. The van der Waals surface area contributed by atoms with Gasteiger partial charge in [0, 0.05) is 6.04 Å². The van der Waals surface area contributed by atoms with Crippen LogP contribution < -0.4 is 5.32 Å². The highest BCUT2D eigenvalue weighted by molar-refractivity contribution is 7.92. The number of piperidine rings is 1. The number of hydrogen-bond donors (Lipinski definition) is 1. The summed E-state index contributed by atoms with van der Waals surface area (Å²) in [6.45, 7) is 0.991. The van der Waals surface area contributed by atoms with Gasteiger partial charge in [0.15, 0.2) is 9.84 Å². The standard InChI is InChI=1S/C9H17NO2S/c11-13(12,9-4-5-9)7-8-3-1-2-6-10-8/h8-10H,1-7H2. The number of rotatable bonds is 3. The van der Waals surface area contributed by atoms with E-state index in [0.29, 0.717) is 5.75 Å². The molecule has 1 aliphatic carbocycles. The average molecular weight is 203 g/mol. The van der Waals surface area contributed by atoms with E-state index in [1.54, 1.807) is 0 Å². The molecular weight excluding hydrogens is 186 g/mol. The van der Waals surface area contributed by atoms with Crippen molar-refractivity contribution < 1.29 is 8.42 Å². The van der Waals surface area contributed by atoms with E-state index >= 15 is 0 Å². The Morgan fingerprint density at radius 2 is 1.92 bits per heavy atom. The molecule has 3 nitrogen and oxygen atoms in total. The molecule has 1 saturated carbocycles. The van der Waals surface area contributed by atoms with Crippen LogP contribution in [0.4, 0.5) is 0 Å². The van der Waals surface area contributed by atoms with E-state index in [4.69, 9.17) is 0 Å². The zero-order valence-corrected chi connectivity index (χ0v) is 8.65. The minimum Gasteiger partial charge on any atom is -0.313 e. The van der Waals surface area contributed by atoms with Crippen molar-refractivity contribution in [3.8, 4) is 0 Å². The van der Waals surface area contributed by atoms with E-state index < -0.39 is 9.84 Å². The second kappa shape index (κ2) is 3.58. The second-order valence-corrected chi connectivity index (χ2v) is 6.50. The van der Waals surface area contributed by atoms with Gasteiger partial charge in [-0.05, 0) is 32.2 Å². The summed E-state index contributed by atoms with van der Waals surface area (Å²) in [5, 5.41) is 3.29. The minimum atomic E-state index is -2.75. The van der Waals surface area contributed by atoms with Gasteiger partial charge in [0.05, 0.1) is 11.0 Å². The van der Waals surface area contributed by atoms with E-state index in [-0.39, 0.29) is 11.3 Å². The highest BCUT2D eigenvalue weighted by atomic mass is 32.2. The quantitative estimate of drug-likeness (QED) is 0.734. The normalized spacial score (nSPS) is 30.3. The van der Waals surface area contributed by atoms with Crippen molar-refractivity contribution in [1.29, 1.82) is 0 Å². The zero-order chi connectivity index (χ0) is 9.31. The molecule has 1 unspecified atom stereocenters. The lowest BCUT2D eigenvalue weighted by Crippen LogP contribution is -2.40. The molecule has 0 bridgehead atoms. The van der Waals surface area contributed by atoms with Crippen LogP contribution in [-0.4, -0.2) is 32.0 Å². The van der Waals surface area contributed by atoms with Gasteiger partial charge in [0.25, 0.3) is 0 Å². The first-order chi connectivity index (χ1) is 6.18. The third-order valence-electron chi connectivity index (χ3n) is 2.88. The van der Waals surface area contributed by atoms with Gasteiger partial charge in [-0.1, -0.05) is 6.42 Å². The van der Waals surface area contributed by atoms with Crippen LogP contribution in [0.1, 0.15) is 32.1 Å². The Kier molecular flexibility index (Phi) is 2.60. The Balaban J connectivity index is 1.88. The van der Waals surface area contributed by atoms with Crippen LogP contribution in [-0.2, 0) is 9.84 Å². The number of sulfone groups is 1. The zero-order valence-electron chi connectivity index (χ0n) is 7.83. The summed E-state index contributed by atoms with van der Waals surface area (Å²) in [5.41, 5.74) is 0. The van der Waals surface area contributed by atoms with Crippen LogP contribution in [0.5, 0.6) is 0 Å². The summed E-state index contributed by atoms with van der Waals surface area (Å²) in [6, 6.07) is 0.236. The maximum absolute atomic E-state index is 11.6. The van der Waals surface area contributed by atoms with Gasteiger partial charge >= 0.3 is 0 Å². The molecule has 4 heteroatoms. The van der Waals surface area contributed by atoms with Gasteiger partial charge in [-0.3, -0.25) is 0 Å². The molecule has 2 rings (SSSR count). The fourth-order valence-electron chi connectivity index (χ4n) is 1.91. The van der Waals surface area contributed by atoms with Crippen molar-refractivity contribution in [3.05, 3.63) is 0 Å². The van der Waals surface area contributed by atoms with E-state index in [1.807, 2.05) is 0 Å². The molecule has 0 spiro atoms. The molecular formula is C9H17NO2S.